The molecule has 0 aromatic heterocycles. The third kappa shape index (κ3) is 6.13. The molecule has 2 aliphatic carbocycles. The Kier molecular flexibility index (Phi) is 7.97. The van der Waals surface area contributed by atoms with Gasteiger partial charge in [0.1, 0.15) is 0 Å². The lowest BCUT2D eigenvalue weighted by atomic mass is 9.83. The molecule has 0 spiro atoms. The first-order chi connectivity index (χ1) is 9.86. The molecule has 2 saturated carbocycles. The predicted molar refractivity (Wildman–Crippen MR) is 83.9 cm³/mol. The quantitative estimate of drug-likeness (QED) is 0.799. The molecule has 2 rings (SSSR count). The maximum Gasteiger partial charge on any atom is 0.0833 e. The first-order valence-corrected chi connectivity index (χ1v) is 9.16. The van der Waals surface area contributed by atoms with Crippen LogP contribution in [0.15, 0.2) is 0 Å². The molecule has 2 nitrogen and oxygen atoms in total. The van der Waals surface area contributed by atoms with Crippen LogP contribution in [0.25, 0.3) is 0 Å². The zero-order valence-corrected chi connectivity index (χ0v) is 13.2. The molecule has 2 unspecified atom stereocenters. The lowest BCUT2D eigenvalue weighted by molar-refractivity contribution is -0.0520. The van der Waals surface area contributed by atoms with Gasteiger partial charge in [-0.25, -0.2) is 0 Å². The van der Waals surface area contributed by atoms with E-state index in [0.29, 0.717) is 0 Å². The molecule has 20 heavy (non-hydrogen) atoms. The van der Waals surface area contributed by atoms with E-state index >= 15 is 0 Å². The van der Waals surface area contributed by atoms with Crippen LogP contribution >= 0.6 is 0 Å². The summed E-state index contributed by atoms with van der Waals surface area (Å²) in [5.74, 6) is 0.915. The Morgan fingerprint density at radius 1 is 0.700 bits per heavy atom. The van der Waals surface area contributed by atoms with E-state index in [2.05, 4.69) is 0 Å². The van der Waals surface area contributed by atoms with E-state index in [1.807, 2.05) is 0 Å². The number of aliphatic hydroxyl groups excluding tert-OH is 1. The summed E-state index contributed by atoms with van der Waals surface area (Å²) in [7, 11) is 0. The van der Waals surface area contributed by atoms with Gasteiger partial charge in [-0.1, -0.05) is 70.6 Å². The molecule has 0 radical (unpaired) electrons. The molecular weight excluding hydrogens is 248 g/mol. The Morgan fingerprint density at radius 2 is 1.30 bits per heavy atom. The summed E-state index contributed by atoms with van der Waals surface area (Å²) in [4.78, 5) is 0. The van der Waals surface area contributed by atoms with E-state index < -0.39 is 0 Å². The van der Waals surface area contributed by atoms with Crippen LogP contribution in [0.1, 0.15) is 89.9 Å². The Balaban J connectivity index is 1.68. The van der Waals surface area contributed by atoms with E-state index in [1.54, 1.807) is 0 Å². The predicted octanol–water partition coefficient (Wildman–Crippen LogP) is 4.84. The van der Waals surface area contributed by atoms with Crippen LogP contribution in [-0.4, -0.2) is 23.9 Å². The second-order valence-electron chi connectivity index (χ2n) is 6.97. The van der Waals surface area contributed by atoms with Crippen molar-refractivity contribution in [2.24, 2.45) is 5.92 Å². The van der Waals surface area contributed by atoms with E-state index in [9.17, 15) is 5.11 Å². The number of hydrogen-bond donors (Lipinski definition) is 1. The van der Waals surface area contributed by atoms with Gasteiger partial charge in [-0.05, 0) is 25.2 Å². The average molecular weight is 282 g/mol. The number of rotatable bonds is 4. The van der Waals surface area contributed by atoms with Crippen LogP contribution in [0, 0.1) is 5.92 Å². The van der Waals surface area contributed by atoms with Gasteiger partial charge < -0.3 is 9.84 Å². The maximum absolute atomic E-state index is 10.4. The molecule has 0 bridgehead atoms. The van der Waals surface area contributed by atoms with Crippen LogP contribution in [0.5, 0.6) is 0 Å². The summed E-state index contributed by atoms with van der Waals surface area (Å²) in [6.07, 6.45) is 17.8. The van der Waals surface area contributed by atoms with Crippen molar-refractivity contribution in [2.75, 3.05) is 6.61 Å². The van der Waals surface area contributed by atoms with Gasteiger partial charge in [0, 0.05) is 6.61 Å². The first kappa shape index (κ1) is 16.3. The lowest BCUT2D eigenvalue weighted by Crippen LogP contribution is -2.30. The molecule has 0 amide bonds. The summed E-state index contributed by atoms with van der Waals surface area (Å²) < 4.78 is 6.06. The number of aliphatic hydroxyl groups is 1. The molecule has 0 aromatic rings. The van der Waals surface area contributed by atoms with E-state index in [1.165, 1.54) is 77.0 Å². The number of ether oxygens (including phenoxy) is 1. The average Bonchev–Trinajstić information content (AvgIpc) is 2.39. The third-order valence-corrected chi connectivity index (χ3v) is 5.25. The highest BCUT2D eigenvalue weighted by atomic mass is 16.5. The highest BCUT2D eigenvalue weighted by Crippen LogP contribution is 2.29. The van der Waals surface area contributed by atoms with E-state index in [4.69, 9.17) is 4.74 Å². The molecule has 2 fully saturated rings. The van der Waals surface area contributed by atoms with Gasteiger partial charge >= 0.3 is 0 Å². The van der Waals surface area contributed by atoms with Crippen molar-refractivity contribution in [3.63, 3.8) is 0 Å². The van der Waals surface area contributed by atoms with E-state index in [0.717, 1.165) is 25.4 Å². The molecule has 0 saturated heterocycles. The van der Waals surface area contributed by atoms with Crippen molar-refractivity contribution >= 4 is 0 Å². The zero-order chi connectivity index (χ0) is 14.0. The molecule has 118 valence electrons. The fourth-order valence-electron chi connectivity index (χ4n) is 3.50. The van der Waals surface area contributed by atoms with Gasteiger partial charge in [0.2, 0.25) is 0 Å². The molecule has 0 heterocycles. The first-order valence-electron chi connectivity index (χ1n) is 9.16. The maximum atomic E-state index is 10.4. The summed E-state index contributed by atoms with van der Waals surface area (Å²) in [5.41, 5.74) is 0. The Hall–Kier alpha value is -0.0800. The van der Waals surface area contributed by atoms with Gasteiger partial charge in [-0.2, -0.15) is 0 Å². The zero-order valence-electron chi connectivity index (χ0n) is 13.2. The summed E-state index contributed by atoms with van der Waals surface area (Å²) in [6.45, 7) is 0.867. The van der Waals surface area contributed by atoms with Gasteiger partial charge in [0.15, 0.2) is 0 Å². The molecule has 0 aromatic carbocycles. The van der Waals surface area contributed by atoms with Crippen molar-refractivity contribution in [3.05, 3.63) is 0 Å². The fraction of sp³-hybridized carbons (Fsp3) is 1.00. The fourth-order valence-corrected chi connectivity index (χ4v) is 3.50. The van der Waals surface area contributed by atoms with Crippen molar-refractivity contribution in [3.8, 4) is 0 Å². The monoisotopic (exact) mass is 282 g/mol. The van der Waals surface area contributed by atoms with Crippen LogP contribution < -0.4 is 0 Å². The van der Waals surface area contributed by atoms with Gasteiger partial charge in [0.05, 0.1) is 12.2 Å². The molecule has 1 N–H and O–H groups in total. The second-order valence-corrected chi connectivity index (χ2v) is 6.97. The molecule has 2 aliphatic rings. The minimum atomic E-state index is -0.226. The highest BCUT2D eigenvalue weighted by molar-refractivity contribution is 4.73. The van der Waals surface area contributed by atoms with Crippen molar-refractivity contribution in [2.45, 2.75) is 102 Å². The van der Waals surface area contributed by atoms with Gasteiger partial charge in [-0.3, -0.25) is 0 Å². The van der Waals surface area contributed by atoms with Crippen molar-refractivity contribution in [1.29, 1.82) is 0 Å². The molecular formula is C18H34O2. The summed E-state index contributed by atoms with van der Waals surface area (Å²) in [5, 5.41) is 10.4. The highest BCUT2D eigenvalue weighted by Gasteiger charge is 2.22. The number of hydrogen-bond acceptors (Lipinski definition) is 2. The normalized spacial score (nSPS) is 31.1. The summed E-state index contributed by atoms with van der Waals surface area (Å²) >= 11 is 0. The third-order valence-electron chi connectivity index (χ3n) is 5.25. The van der Waals surface area contributed by atoms with E-state index in [-0.39, 0.29) is 12.2 Å². The lowest BCUT2D eigenvalue weighted by Gasteiger charge is -2.28. The van der Waals surface area contributed by atoms with Crippen molar-refractivity contribution < 1.29 is 9.84 Å². The SMILES string of the molecule is OC1CCCCCCCCCCC1OCCC1CCC1. The smallest absolute Gasteiger partial charge is 0.0833 e. The minimum absolute atomic E-state index is 0.106. The van der Waals surface area contributed by atoms with Crippen LogP contribution in [0.3, 0.4) is 0 Å². The van der Waals surface area contributed by atoms with Gasteiger partial charge in [-0.15, -0.1) is 0 Å². The van der Waals surface area contributed by atoms with Crippen LogP contribution in [0.4, 0.5) is 0 Å². The minimum Gasteiger partial charge on any atom is -0.390 e. The Labute approximate surface area is 125 Å². The Bertz CT molecular complexity index is 238. The summed E-state index contributed by atoms with van der Waals surface area (Å²) in [6, 6.07) is 0. The molecule has 2 heteroatoms. The van der Waals surface area contributed by atoms with Crippen LogP contribution in [0.2, 0.25) is 0 Å². The largest absolute Gasteiger partial charge is 0.390 e. The second kappa shape index (κ2) is 9.78. The topological polar surface area (TPSA) is 29.5 Å². The van der Waals surface area contributed by atoms with Crippen LogP contribution in [-0.2, 0) is 4.74 Å². The standard InChI is InChI=1S/C18H34O2/c19-17-12-7-5-3-1-2-4-6-8-13-18(17)20-15-14-16-10-9-11-16/h16-19H,1-15H2. The molecule has 0 aliphatic heterocycles. The molecule has 2 atom stereocenters. The van der Waals surface area contributed by atoms with Crippen molar-refractivity contribution in [1.82, 2.24) is 0 Å². The van der Waals surface area contributed by atoms with Gasteiger partial charge in [0.25, 0.3) is 0 Å². The Morgan fingerprint density at radius 3 is 1.90 bits per heavy atom.